The molecule has 2 N–H and O–H groups in total. The number of benzene rings is 1. The first-order valence-corrected chi connectivity index (χ1v) is 6.95. The fourth-order valence-corrected chi connectivity index (χ4v) is 2.84. The van der Waals surface area contributed by atoms with Crippen LogP contribution in [0.3, 0.4) is 0 Å². The molecule has 92 valence electrons. The Morgan fingerprint density at radius 2 is 1.71 bits per heavy atom. The van der Waals surface area contributed by atoms with Gasteiger partial charge in [-0.05, 0) is 50.3 Å². The van der Waals surface area contributed by atoms with Gasteiger partial charge in [-0.15, -0.1) is 0 Å². The van der Waals surface area contributed by atoms with E-state index in [0.29, 0.717) is 12.1 Å². The molecule has 1 saturated heterocycles. The lowest BCUT2D eigenvalue weighted by atomic mass is 9.98. The van der Waals surface area contributed by atoms with Crippen molar-refractivity contribution in [3.05, 3.63) is 35.9 Å². The van der Waals surface area contributed by atoms with Gasteiger partial charge in [-0.1, -0.05) is 30.3 Å². The number of hydrogen-bond donors (Lipinski definition) is 2. The smallest absolute Gasteiger partial charge is 0.0351 e. The fourth-order valence-electron chi connectivity index (χ4n) is 2.84. The van der Waals surface area contributed by atoms with Crippen molar-refractivity contribution in [2.75, 3.05) is 13.1 Å². The molecule has 1 aromatic carbocycles. The molecular formula is C15H22N2. The largest absolute Gasteiger partial charge is 0.317 e. The zero-order valence-corrected chi connectivity index (χ0v) is 10.4. The molecule has 0 radical (unpaired) electrons. The van der Waals surface area contributed by atoms with Crippen molar-refractivity contribution in [3.8, 4) is 0 Å². The highest BCUT2D eigenvalue weighted by Gasteiger charge is 2.33. The normalized spacial score (nSPS) is 23.5. The van der Waals surface area contributed by atoms with Crippen molar-refractivity contribution >= 4 is 0 Å². The van der Waals surface area contributed by atoms with Gasteiger partial charge in [-0.3, -0.25) is 0 Å². The van der Waals surface area contributed by atoms with Crippen molar-refractivity contribution in [1.82, 2.24) is 10.6 Å². The Morgan fingerprint density at radius 3 is 2.35 bits per heavy atom. The second-order valence-electron chi connectivity index (χ2n) is 5.42. The van der Waals surface area contributed by atoms with Crippen LogP contribution in [0.5, 0.6) is 0 Å². The summed E-state index contributed by atoms with van der Waals surface area (Å²) in [6, 6.07) is 12.3. The summed E-state index contributed by atoms with van der Waals surface area (Å²) in [5.74, 6) is 0.882. The molecule has 1 aliphatic carbocycles. The van der Waals surface area contributed by atoms with Crippen molar-refractivity contribution in [2.24, 2.45) is 5.92 Å². The predicted octanol–water partition coefficient (Wildman–Crippen LogP) is 2.48. The molecule has 2 heteroatoms. The second-order valence-corrected chi connectivity index (χ2v) is 5.42. The molecule has 1 aromatic rings. The minimum Gasteiger partial charge on any atom is -0.317 e. The maximum Gasteiger partial charge on any atom is 0.0351 e. The van der Waals surface area contributed by atoms with Crippen molar-refractivity contribution < 1.29 is 0 Å². The Balaban J connectivity index is 1.67. The van der Waals surface area contributed by atoms with E-state index in [4.69, 9.17) is 0 Å². The summed E-state index contributed by atoms with van der Waals surface area (Å²) in [6.45, 7) is 2.34. The van der Waals surface area contributed by atoms with E-state index in [2.05, 4.69) is 41.0 Å². The molecule has 0 spiro atoms. The Bertz CT molecular complexity index is 339. The summed E-state index contributed by atoms with van der Waals surface area (Å²) in [5, 5.41) is 7.33. The van der Waals surface area contributed by atoms with Gasteiger partial charge >= 0.3 is 0 Å². The van der Waals surface area contributed by atoms with Crippen LogP contribution in [-0.2, 0) is 0 Å². The van der Waals surface area contributed by atoms with Crippen molar-refractivity contribution in [1.29, 1.82) is 0 Å². The summed E-state index contributed by atoms with van der Waals surface area (Å²) in [6.07, 6.45) is 5.35. The predicted molar refractivity (Wildman–Crippen MR) is 70.9 cm³/mol. The van der Waals surface area contributed by atoms with Gasteiger partial charge in [0.1, 0.15) is 0 Å². The molecule has 1 aliphatic heterocycles. The van der Waals surface area contributed by atoms with Crippen LogP contribution in [0.25, 0.3) is 0 Å². The second kappa shape index (κ2) is 5.19. The van der Waals surface area contributed by atoms with Crippen LogP contribution < -0.4 is 10.6 Å². The average Bonchev–Trinajstić information content (AvgIpc) is 3.23. The third kappa shape index (κ3) is 2.88. The Morgan fingerprint density at radius 1 is 1.00 bits per heavy atom. The third-order valence-electron chi connectivity index (χ3n) is 4.01. The minimum absolute atomic E-state index is 0.597. The van der Waals surface area contributed by atoms with E-state index in [9.17, 15) is 0 Å². The van der Waals surface area contributed by atoms with Gasteiger partial charge in [0.2, 0.25) is 0 Å². The molecule has 0 bridgehead atoms. The standard InChI is InChI=1S/C15H22N2/c1-2-4-12(5-3-1)15(13-6-7-13)17-14-8-10-16-11-9-14/h1-5,13-17H,6-11H2. The number of hydrogen-bond acceptors (Lipinski definition) is 2. The molecule has 2 nitrogen and oxygen atoms in total. The zero-order valence-electron chi connectivity index (χ0n) is 10.4. The lowest BCUT2D eigenvalue weighted by Crippen LogP contribution is -2.42. The molecule has 1 unspecified atom stereocenters. The van der Waals surface area contributed by atoms with Crippen LogP contribution in [0.4, 0.5) is 0 Å². The van der Waals surface area contributed by atoms with Gasteiger partial charge in [0.15, 0.2) is 0 Å². The number of piperidine rings is 1. The molecule has 2 fully saturated rings. The average molecular weight is 230 g/mol. The van der Waals surface area contributed by atoms with Gasteiger partial charge < -0.3 is 10.6 Å². The first-order valence-electron chi connectivity index (χ1n) is 6.95. The number of rotatable bonds is 4. The van der Waals surface area contributed by atoms with Crippen LogP contribution in [-0.4, -0.2) is 19.1 Å². The van der Waals surface area contributed by atoms with Crippen LogP contribution in [0.1, 0.15) is 37.3 Å². The van der Waals surface area contributed by atoms with Crippen molar-refractivity contribution in [2.45, 2.75) is 37.8 Å². The maximum absolute atomic E-state index is 3.89. The molecule has 2 aliphatic rings. The lowest BCUT2D eigenvalue weighted by Gasteiger charge is -2.29. The zero-order chi connectivity index (χ0) is 11.5. The van der Waals surface area contributed by atoms with Gasteiger partial charge in [0.25, 0.3) is 0 Å². The first-order chi connectivity index (χ1) is 8.43. The monoisotopic (exact) mass is 230 g/mol. The minimum atomic E-state index is 0.597. The van der Waals surface area contributed by atoms with E-state index in [1.807, 2.05) is 0 Å². The highest BCUT2D eigenvalue weighted by molar-refractivity contribution is 5.21. The molecule has 17 heavy (non-hydrogen) atoms. The summed E-state index contributed by atoms with van der Waals surface area (Å²) in [7, 11) is 0. The maximum atomic E-state index is 3.89. The van der Waals surface area contributed by atoms with E-state index < -0.39 is 0 Å². The van der Waals surface area contributed by atoms with E-state index >= 15 is 0 Å². The Labute approximate surface area is 104 Å². The molecule has 0 amide bonds. The van der Waals surface area contributed by atoms with E-state index in [0.717, 1.165) is 5.92 Å². The van der Waals surface area contributed by atoms with Crippen LogP contribution >= 0.6 is 0 Å². The highest BCUT2D eigenvalue weighted by Crippen LogP contribution is 2.41. The Kier molecular flexibility index (Phi) is 3.44. The highest BCUT2D eigenvalue weighted by atomic mass is 15.0. The molecule has 1 atom stereocenters. The topological polar surface area (TPSA) is 24.1 Å². The van der Waals surface area contributed by atoms with Gasteiger partial charge in [0, 0.05) is 12.1 Å². The molecule has 0 aromatic heterocycles. The SMILES string of the molecule is c1ccc(C(NC2CCNCC2)C2CC2)cc1. The lowest BCUT2D eigenvalue weighted by molar-refractivity contribution is 0.333. The fraction of sp³-hybridized carbons (Fsp3) is 0.600. The summed E-state index contributed by atoms with van der Waals surface area (Å²) in [5.41, 5.74) is 1.48. The van der Waals surface area contributed by atoms with Crippen molar-refractivity contribution in [3.63, 3.8) is 0 Å². The van der Waals surface area contributed by atoms with E-state index in [1.165, 1.54) is 44.3 Å². The van der Waals surface area contributed by atoms with E-state index in [-0.39, 0.29) is 0 Å². The molecule has 1 saturated carbocycles. The first kappa shape index (κ1) is 11.2. The quantitative estimate of drug-likeness (QED) is 0.830. The van der Waals surface area contributed by atoms with Gasteiger partial charge in [0.05, 0.1) is 0 Å². The molecule has 3 rings (SSSR count). The van der Waals surface area contributed by atoms with Crippen LogP contribution in [0.2, 0.25) is 0 Å². The van der Waals surface area contributed by atoms with Crippen LogP contribution in [0.15, 0.2) is 30.3 Å². The van der Waals surface area contributed by atoms with Gasteiger partial charge in [-0.2, -0.15) is 0 Å². The van der Waals surface area contributed by atoms with Crippen LogP contribution in [0, 0.1) is 5.92 Å². The number of nitrogens with one attached hydrogen (secondary N) is 2. The summed E-state index contributed by atoms with van der Waals surface area (Å²) in [4.78, 5) is 0. The summed E-state index contributed by atoms with van der Waals surface area (Å²) < 4.78 is 0. The molecule has 1 heterocycles. The molecular weight excluding hydrogens is 208 g/mol. The summed E-state index contributed by atoms with van der Waals surface area (Å²) >= 11 is 0. The third-order valence-corrected chi connectivity index (χ3v) is 4.01. The van der Waals surface area contributed by atoms with Gasteiger partial charge in [-0.25, -0.2) is 0 Å². The van der Waals surface area contributed by atoms with E-state index in [1.54, 1.807) is 0 Å². The Hall–Kier alpha value is -0.860.